The number of carbonyl (C=O) groups excluding carboxylic acids is 1. The zero-order valence-electron chi connectivity index (χ0n) is 8.08. The summed E-state index contributed by atoms with van der Waals surface area (Å²) in [5.74, 6) is -2.16. The first-order valence-corrected chi connectivity index (χ1v) is 4.04. The lowest BCUT2D eigenvalue weighted by Gasteiger charge is -2.09. The van der Waals surface area contributed by atoms with Crippen LogP contribution in [0.2, 0.25) is 0 Å². The molecule has 0 unspecified atom stereocenters. The van der Waals surface area contributed by atoms with Gasteiger partial charge in [0, 0.05) is 6.42 Å². The van der Waals surface area contributed by atoms with E-state index in [4.69, 9.17) is 10.8 Å². The molecule has 1 amide bonds. The molecule has 9 heteroatoms. The number of alkyl halides is 3. The van der Waals surface area contributed by atoms with Gasteiger partial charge in [-0.3, -0.25) is 9.59 Å². The Morgan fingerprint density at radius 1 is 1.38 bits per heavy atom. The number of nitrogens with one attached hydrogen (secondary N) is 1. The third-order valence-corrected chi connectivity index (χ3v) is 1.49. The first-order chi connectivity index (χ1) is 6.72. The maximum atomic E-state index is 11.6. The topological polar surface area (TPSA) is 92.4 Å². The van der Waals surface area contributed by atoms with Crippen LogP contribution in [0.25, 0.3) is 0 Å². The van der Waals surface area contributed by atoms with Crippen LogP contribution >= 0.6 is 12.4 Å². The summed E-state index contributed by atoms with van der Waals surface area (Å²) in [6.07, 6.45) is -5.01. The number of carbonyl (C=O) groups is 2. The van der Waals surface area contributed by atoms with Crippen LogP contribution in [0.15, 0.2) is 0 Å². The Hall–Kier alpha value is -1.02. The third-order valence-electron chi connectivity index (χ3n) is 1.49. The van der Waals surface area contributed by atoms with Crippen molar-refractivity contribution in [2.24, 2.45) is 5.73 Å². The summed E-state index contributed by atoms with van der Waals surface area (Å²) >= 11 is 0. The van der Waals surface area contributed by atoms with Crippen molar-refractivity contribution in [3.05, 3.63) is 0 Å². The van der Waals surface area contributed by atoms with E-state index in [1.807, 2.05) is 0 Å². The molecule has 0 aliphatic heterocycles. The molecule has 0 aromatic carbocycles. The molecule has 0 radical (unpaired) electrons. The highest BCUT2D eigenvalue weighted by Crippen LogP contribution is 2.12. The maximum absolute atomic E-state index is 11.6. The van der Waals surface area contributed by atoms with Crippen molar-refractivity contribution in [1.29, 1.82) is 0 Å². The van der Waals surface area contributed by atoms with Crippen LogP contribution in [0, 0.1) is 0 Å². The number of halogens is 4. The van der Waals surface area contributed by atoms with Gasteiger partial charge in [0.05, 0.1) is 0 Å². The molecular weight excluding hydrogens is 253 g/mol. The average molecular weight is 265 g/mol. The quantitative estimate of drug-likeness (QED) is 0.665. The van der Waals surface area contributed by atoms with Crippen molar-refractivity contribution in [1.82, 2.24) is 5.32 Å². The second-order valence-corrected chi connectivity index (χ2v) is 2.88. The van der Waals surface area contributed by atoms with Gasteiger partial charge in [-0.05, 0) is 6.42 Å². The van der Waals surface area contributed by atoms with Crippen molar-refractivity contribution in [2.45, 2.75) is 25.1 Å². The predicted molar refractivity (Wildman–Crippen MR) is 51.2 cm³/mol. The van der Waals surface area contributed by atoms with Gasteiger partial charge >= 0.3 is 12.1 Å². The first-order valence-electron chi connectivity index (χ1n) is 4.04. The number of amides is 1. The van der Waals surface area contributed by atoms with Crippen molar-refractivity contribution in [3.8, 4) is 0 Å². The van der Waals surface area contributed by atoms with E-state index in [1.165, 1.54) is 0 Å². The minimum atomic E-state index is -4.47. The normalized spacial score (nSPS) is 12.5. The molecular formula is C7H12ClF3N2O3. The summed E-state index contributed by atoms with van der Waals surface area (Å²) in [4.78, 5) is 20.9. The fourth-order valence-electron chi connectivity index (χ4n) is 0.697. The molecule has 96 valence electrons. The van der Waals surface area contributed by atoms with Crippen molar-refractivity contribution < 1.29 is 27.9 Å². The first kappa shape index (κ1) is 17.4. The van der Waals surface area contributed by atoms with E-state index in [-0.39, 0.29) is 25.2 Å². The number of carboxylic acid groups (broad SMARTS) is 1. The zero-order chi connectivity index (χ0) is 12.1. The van der Waals surface area contributed by atoms with Gasteiger partial charge in [-0.1, -0.05) is 0 Å². The Balaban J connectivity index is 0. The van der Waals surface area contributed by atoms with Gasteiger partial charge < -0.3 is 16.2 Å². The van der Waals surface area contributed by atoms with E-state index < -0.39 is 30.6 Å². The fraction of sp³-hybridized carbons (Fsp3) is 0.714. The summed E-state index contributed by atoms with van der Waals surface area (Å²) in [5.41, 5.74) is 5.04. The van der Waals surface area contributed by atoms with E-state index in [9.17, 15) is 22.8 Å². The second-order valence-electron chi connectivity index (χ2n) is 2.88. The summed E-state index contributed by atoms with van der Waals surface area (Å²) in [5, 5.41) is 9.92. The van der Waals surface area contributed by atoms with E-state index >= 15 is 0 Å². The molecule has 0 saturated heterocycles. The molecule has 0 saturated carbocycles. The number of hydrogen-bond acceptors (Lipinski definition) is 3. The minimum Gasteiger partial charge on any atom is -0.480 e. The molecule has 0 aromatic heterocycles. The van der Waals surface area contributed by atoms with Gasteiger partial charge in [-0.25, -0.2) is 0 Å². The summed E-state index contributed by atoms with van der Waals surface area (Å²) in [6.45, 7) is -1.42. The second kappa shape index (κ2) is 7.29. The van der Waals surface area contributed by atoms with Gasteiger partial charge in [0.25, 0.3) is 0 Å². The highest BCUT2D eigenvalue weighted by molar-refractivity contribution is 5.85. The molecule has 1 atom stereocenters. The van der Waals surface area contributed by atoms with Crippen LogP contribution in [0.1, 0.15) is 12.8 Å². The van der Waals surface area contributed by atoms with Gasteiger partial charge in [0.2, 0.25) is 5.91 Å². The van der Waals surface area contributed by atoms with E-state index in [0.717, 1.165) is 0 Å². The molecule has 4 N–H and O–H groups in total. The Morgan fingerprint density at radius 3 is 2.25 bits per heavy atom. The molecule has 16 heavy (non-hydrogen) atoms. The average Bonchev–Trinajstić information content (AvgIpc) is 2.09. The Bertz CT molecular complexity index is 248. The molecule has 0 bridgehead atoms. The van der Waals surface area contributed by atoms with E-state index in [2.05, 4.69) is 0 Å². The molecule has 0 rings (SSSR count). The molecule has 0 fully saturated rings. The number of hydrogen-bond donors (Lipinski definition) is 3. The van der Waals surface area contributed by atoms with Crippen LogP contribution in [-0.4, -0.2) is 35.7 Å². The van der Waals surface area contributed by atoms with Gasteiger partial charge in [0.15, 0.2) is 0 Å². The van der Waals surface area contributed by atoms with E-state index in [1.54, 1.807) is 5.32 Å². The highest BCUT2D eigenvalue weighted by Gasteiger charge is 2.27. The zero-order valence-corrected chi connectivity index (χ0v) is 8.90. The van der Waals surface area contributed by atoms with Gasteiger partial charge in [-0.15, -0.1) is 12.4 Å². The molecule has 5 nitrogen and oxygen atoms in total. The fourth-order valence-corrected chi connectivity index (χ4v) is 0.697. The van der Waals surface area contributed by atoms with E-state index in [0.29, 0.717) is 0 Å². The van der Waals surface area contributed by atoms with Gasteiger partial charge in [-0.2, -0.15) is 13.2 Å². The van der Waals surface area contributed by atoms with Gasteiger partial charge in [0.1, 0.15) is 12.6 Å². The Morgan fingerprint density at radius 2 is 1.88 bits per heavy atom. The SMILES string of the molecule is Cl.N[C@@H](CCC(=O)NCC(F)(F)F)C(=O)O. The lowest BCUT2D eigenvalue weighted by Crippen LogP contribution is -2.36. The van der Waals surface area contributed by atoms with Crippen LogP contribution in [-0.2, 0) is 9.59 Å². The summed E-state index contributed by atoms with van der Waals surface area (Å²) in [6, 6.07) is -1.23. The van der Waals surface area contributed by atoms with Crippen molar-refractivity contribution >= 4 is 24.3 Å². The molecule has 0 spiro atoms. The highest BCUT2D eigenvalue weighted by atomic mass is 35.5. The lowest BCUT2D eigenvalue weighted by molar-refractivity contribution is -0.140. The third kappa shape index (κ3) is 9.53. The summed E-state index contributed by atoms with van der Waals surface area (Å²) in [7, 11) is 0. The van der Waals surface area contributed by atoms with Crippen molar-refractivity contribution in [3.63, 3.8) is 0 Å². The van der Waals surface area contributed by atoms with Crippen molar-refractivity contribution in [2.75, 3.05) is 6.54 Å². The monoisotopic (exact) mass is 264 g/mol. The molecule has 0 heterocycles. The summed E-state index contributed by atoms with van der Waals surface area (Å²) < 4.78 is 34.8. The smallest absolute Gasteiger partial charge is 0.405 e. The molecule has 0 aromatic rings. The molecule has 0 aliphatic rings. The number of aliphatic carboxylic acids is 1. The number of rotatable bonds is 5. The number of nitrogens with two attached hydrogens (primary N) is 1. The standard InChI is InChI=1S/C7H11F3N2O3.ClH/c8-7(9,10)3-12-5(13)2-1-4(11)6(14)15;/h4H,1-3,11H2,(H,12,13)(H,14,15);1H/t4-;/m0./s1. The maximum Gasteiger partial charge on any atom is 0.405 e. The Labute approximate surface area is 95.6 Å². The lowest BCUT2D eigenvalue weighted by atomic mass is 10.1. The van der Waals surface area contributed by atoms with Crippen LogP contribution in [0.3, 0.4) is 0 Å². The van der Waals surface area contributed by atoms with Crippen LogP contribution in [0.4, 0.5) is 13.2 Å². The molecule has 0 aliphatic carbocycles. The predicted octanol–water partition coefficient (Wildman–Crippen LogP) is 0.279. The van der Waals surface area contributed by atoms with Crippen LogP contribution < -0.4 is 11.1 Å². The number of carboxylic acids is 1. The van der Waals surface area contributed by atoms with Crippen LogP contribution in [0.5, 0.6) is 0 Å². The largest absolute Gasteiger partial charge is 0.480 e. The minimum absolute atomic E-state index is 0. The Kier molecular flexibility index (Phi) is 7.91.